The molecule has 2 heterocycles. The van der Waals surface area contributed by atoms with E-state index in [4.69, 9.17) is 11.3 Å². The standard InChI is InChI=1S/C26H27N4O4/c1-17-15-20(9-11-22(17)27-5)29-24(31)26(3,4)28(25(29)32)13-6-14-34-21-10-12-23-19(16-21)8-7-18(2)30(23)33/h7-12,15-16,33H,6,13-14H2,1-4H3/q+1. The molecule has 1 aliphatic heterocycles. The number of rotatable bonds is 6. The molecule has 1 fully saturated rings. The molecule has 0 spiro atoms. The monoisotopic (exact) mass is 459 g/mol. The molecular formula is C26H27N4O4+. The van der Waals surface area contributed by atoms with Gasteiger partial charge in [0, 0.05) is 30.3 Å². The van der Waals surface area contributed by atoms with Crippen molar-refractivity contribution in [3.8, 4) is 5.75 Å². The van der Waals surface area contributed by atoms with Crippen LogP contribution in [-0.4, -0.2) is 40.7 Å². The number of pyridine rings is 1. The van der Waals surface area contributed by atoms with Crippen LogP contribution in [-0.2, 0) is 4.79 Å². The van der Waals surface area contributed by atoms with Crippen molar-refractivity contribution in [1.82, 2.24) is 4.90 Å². The van der Waals surface area contributed by atoms with Crippen LogP contribution in [0.25, 0.3) is 15.7 Å². The summed E-state index contributed by atoms with van der Waals surface area (Å²) < 4.78 is 7.01. The molecule has 0 saturated carbocycles. The van der Waals surface area contributed by atoms with Gasteiger partial charge in [0.25, 0.3) is 11.4 Å². The van der Waals surface area contributed by atoms with E-state index >= 15 is 0 Å². The fourth-order valence-electron chi connectivity index (χ4n) is 4.18. The molecule has 3 aromatic rings. The molecular weight excluding hydrogens is 432 g/mol. The fourth-order valence-corrected chi connectivity index (χ4v) is 4.18. The summed E-state index contributed by atoms with van der Waals surface area (Å²) in [5.41, 5.74) is 2.12. The second-order valence-electron chi connectivity index (χ2n) is 8.93. The van der Waals surface area contributed by atoms with Crippen molar-refractivity contribution >= 4 is 34.2 Å². The van der Waals surface area contributed by atoms with E-state index in [0.717, 1.165) is 21.4 Å². The molecule has 0 aliphatic carbocycles. The summed E-state index contributed by atoms with van der Waals surface area (Å²) >= 11 is 0. The van der Waals surface area contributed by atoms with Crippen LogP contribution in [0.15, 0.2) is 48.5 Å². The van der Waals surface area contributed by atoms with E-state index in [2.05, 4.69) is 4.85 Å². The predicted molar refractivity (Wildman–Crippen MR) is 127 cm³/mol. The summed E-state index contributed by atoms with van der Waals surface area (Å²) in [7, 11) is 0. The van der Waals surface area contributed by atoms with E-state index < -0.39 is 5.54 Å². The van der Waals surface area contributed by atoms with Gasteiger partial charge in [0.1, 0.15) is 11.3 Å². The third-order valence-electron chi connectivity index (χ3n) is 6.24. The molecule has 3 amide bonds. The van der Waals surface area contributed by atoms with E-state index in [9.17, 15) is 14.8 Å². The number of aromatic nitrogens is 1. The van der Waals surface area contributed by atoms with Gasteiger partial charge in [0.2, 0.25) is 5.69 Å². The number of fused-ring (bicyclic) bond motifs is 1. The summed E-state index contributed by atoms with van der Waals surface area (Å²) in [5, 5.41) is 11.0. The zero-order chi connectivity index (χ0) is 24.6. The molecule has 174 valence electrons. The van der Waals surface area contributed by atoms with Gasteiger partial charge in [-0.25, -0.2) is 14.5 Å². The Morgan fingerprint density at radius 2 is 1.85 bits per heavy atom. The number of carbonyl (C=O) groups excluding carboxylic acids is 2. The minimum absolute atomic E-state index is 0.296. The highest BCUT2D eigenvalue weighted by Crippen LogP contribution is 2.34. The number of imide groups is 1. The lowest BCUT2D eigenvalue weighted by Crippen LogP contribution is -2.44. The summed E-state index contributed by atoms with van der Waals surface area (Å²) in [4.78, 5) is 32.5. The summed E-state index contributed by atoms with van der Waals surface area (Å²) in [6, 6.07) is 13.8. The summed E-state index contributed by atoms with van der Waals surface area (Å²) in [5.74, 6) is 0.368. The van der Waals surface area contributed by atoms with Crippen LogP contribution in [0, 0.1) is 20.4 Å². The number of nitrogens with zero attached hydrogens (tertiary/aromatic N) is 4. The molecule has 8 nitrogen and oxygen atoms in total. The van der Waals surface area contributed by atoms with Crippen molar-refractivity contribution in [1.29, 1.82) is 0 Å². The maximum atomic E-state index is 13.2. The number of hydrogen-bond donors (Lipinski definition) is 1. The summed E-state index contributed by atoms with van der Waals surface area (Å²) in [6.45, 7) is 15.0. The van der Waals surface area contributed by atoms with E-state index in [1.807, 2.05) is 25.1 Å². The fraction of sp³-hybridized carbons (Fsp3) is 0.308. The maximum Gasteiger partial charge on any atom is 0.332 e. The van der Waals surface area contributed by atoms with Gasteiger partial charge in [0.05, 0.1) is 24.3 Å². The van der Waals surface area contributed by atoms with Gasteiger partial charge in [-0.3, -0.25) is 10.0 Å². The Labute approximate surface area is 198 Å². The maximum absolute atomic E-state index is 13.2. The highest BCUT2D eigenvalue weighted by Gasteiger charge is 2.51. The quantitative estimate of drug-likeness (QED) is 0.193. The highest BCUT2D eigenvalue weighted by atomic mass is 16.5. The molecule has 0 unspecified atom stereocenters. The minimum atomic E-state index is -0.987. The number of aryl methyl sites for hydroxylation is 2. The number of amides is 3. The summed E-state index contributed by atoms with van der Waals surface area (Å²) in [6.07, 6.45) is 0.540. The lowest BCUT2D eigenvalue weighted by atomic mass is 10.0. The van der Waals surface area contributed by atoms with E-state index in [1.54, 1.807) is 56.0 Å². The predicted octanol–water partition coefficient (Wildman–Crippen LogP) is 4.55. The molecule has 0 atom stereocenters. The SMILES string of the molecule is [C-]#[N+]c1ccc(N2C(=O)N(CCCOc3ccc4c(ccc(C)[n+]4O)c3)C(C)(C)C2=O)cc1C. The molecule has 0 radical (unpaired) electrons. The van der Waals surface area contributed by atoms with Gasteiger partial charge < -0.3 is 9.64 Å². The highest BCUT2D eigenvalue weighted by molar-refractivity contribution is 6.23. The molecule has 1 aliphatic rings. The second kappa shape index (κ2) is 8.67. The number of ether oxygens (including phenoxy) is 1. The van der Waals surface area contributed by atoms with Gasteiger partial charge in [-0.15, -0.1) is 0 Å². The van der Waals surface area contributed by atoms with E-state index in [-0.39, 0.29) is 11.9 Å². The molecule has 34 heavy (non-hydrogen) atoms. The van der Waals surface area contributed by atoms with Crippen LogP contribution < -0.4 is 14.4 Å². The van der Waals surface area contributed by atoms with Crippen molar-refractivity contribution in [3.05, 3.63) is 71.2 Å². The number of anilines is 1. The topological polar surface area (TPSA) is 78.3 Å². The number of urea groups is 1. The normalized spacial score (nSPS) is 15.1. The minimum Gasteiger partial charge on any atom is -0.493 e. The zero-order valence-electron chi connectivity index (χ0n) is 19.7. The second-order valence-corrected chi connectivity index (χ2v) is 8.93. The average molecular weight is 460 g/mol. The third-order valence-corrected chi connectivity index (χ3v) is 6.24. The van der Waals surface area contributed by atoms with E-state index in [1.165, 1.54) is 4.90 Å². The van der Waals surface area contributed by atoms with Crippen molar-refractivity contribution in [2.45, 2.75) is 39.7 Å². The van der Waals surface area contributed by atoms with Crippen LogP contribution >= 0.6 is 0 Å². The first-order valence-corrected chi connectivity index (χ1v) is 11.1. The Morgan fingerprint density at radius 3 is 2.56 bits per heavy atom. The van der Waals surface area contributed by atoms with Crippen LogP contribution in [0.4, 0.5) is 16.2 Å². The molecule has 1 N–H and O–H groups in total. The number of hydrogen-bond acceptors (Lipinski definition) is 4. The van der Waals surface area contributed by atoms with Gasteiger partial charge in [0.15, 0.2) is 5.69 Å². The Kier molecular flexibility index (Phi) is 5.88. The Balaban J connectivity index is 1.43. The Bertz CT molecular complexity index is 1340. The lowest BCUT2D eigenvalue weighted by molar-refractivity contribution is -0.888. The smallest absolute Gasteiger partial charge is 0.332 e. The Hall–Kier alpha value is -4.12. The van der Waals surface area contributed by atoms with Gasteiger partial charge in [-0.1, -0.05) is 6.07 Å². The first-order valence-electron chi connectivity index (χ1n) is 11.1. The van der Waals surface area contributed by atoms with Crippen LogP contribution in [0.1, 0.15) is 31.5 Å². The molecule has 2 aromatic carbocycles. The van der Waals surface area contributed by atoms with E-state index in [0.29, 0.717) is 42.2 Å². The first-order chi connectivity index (χ1) is 16.1. The average Bonchev–Trinajstić information content (AvgIpc) is 2.97. The van der Waals surface area contributed by atoms with Gasteiger partial charge in [-0.05, 0) is 63.1 Å². The van der Waals surface area contributed by atoms with Gasteiger partial charge >= 0.3 is 6.03 Å². The van der Waals surface area contributed by atoms with Crippen molar-refractivity contribution in [2.75, 3.05) is 18.1 Å². The number of carbonyl (C=O) groups is 2. The van der Waals surface area contributed by atoms with Crippen molar-refractivity contribution in [3.63, 3.8) is 0 Å². The molecule has 0 bridgehead atoms. The Morgan fingerprint density at radius 1 is 1.09 bits per heavy atom. The molecule has 1 aromatic heterocycles. The largest absolute Gasteiger partial charge is 0.493 e. The number of benzene rings is 2. The van der Waals surface area contributed by atoms with Crippen LogP contribution in [0.2, 0.25) is 0 Å². The van der Waals surface area contributed by atoms with Gasteiger partial charge in [-0.2, -0.15) is 0 Å². The molecule has 4 rings (SSSR count). The van der Waals surface area contributed by atoms with Crippen molar-refractivity contribution < 1.29 is 24.3 Å². The lowest BCUT2D eigenvalue weighted by Gasteiger charge is -2.27. The first kappa shape index (κ1) is 23.1. The van der Waals surface area contributed by atoms with Crippen molar-refractivity contribution in [2.24, 2.45) is 0 Å². The molecule has 1 saturated heterocycles. The third kappa shape index (κ3) is 3.90. The zero-order valence-corrected chi connectivity index (χ0v) is 19.7. The van der Waals surface area contributed by atoms with Crippen LogP contribution in [0.3, 0.4) is 0 Å². The molecule has 8 heteroatoms. The van der Waals surface area contributed by atoms with Crippen LogP contribution in [0.5, 0.6) is 5.75 Å².